The van der Waals surface area contributed by atoms with Gasteiger partial charge in [0.2, 0.25) is 5.91 Å². The summed E-state index contributed by atoms with van der Waals surface area (Å²) in [4.78, 5) is 14.2. The van der Waals surface area contributed by atoms with Gasteiger partial charge in [-0.3, -0.25) is 4.79 Å². The zero-order valence-corrected chi connectivity index (χ0v) is 13.4. The second-order valence-corrected chi connectivity index (χ2v) is 6.06. The number of amides is 1. The van der Waals surface area contributed by atoms with Gasteiger partial charge < -0.3 is 9.64 Å². The van der Waals surface area contributed by atoms with E-state index in [0.29, 0.717) is 24.8 Å². The SMILES string of the molecule is CN(C(=O)CCOc1ccc(F)cc1)C1CCCCCCC1. The maximum Gasteiger partial charge on any atom is 0.225 e. The number of benzene rings is 1. The van der Waals surface area contributed by atoms with Gasteiger partial charge in [-0.25, -0.2) is 4.39 Å². The number of halogens is 1. The fourth-order valence-electron chi connectivity index (χ4n) is 2.99. The molecule has 0 heterocycles. The van der Waals surface area contributed by atoms with Gasteiger partial charge in [-0.1, -0.05) is 32.1 Å². The Bertz CT molecular complexity index is 453. The molecule has 22 heavy (non-hydrogen) atoms. The number of carbonyl (C=O) groups is 1. The molecule has 4 heteroatoms. The smallest absolute Gasteiger partial charge is 0.225 e. The number of rotatable bonds is 5. The lowest BCUT2D eigenvalue weighted by Gasteiger charge is -2.29. The molecule has 0 radical (unpaired) electrons. The van der Waals surface area contributed by atoms with E-state index in [1.165, 1.54) is 44.2 Å². The van der Waals surface area contributed by atoms with Crippen molar-refractivity contribution in [3.05, 3.63) is 30.1 Å². The molecule has 1 aliphatic carbocycles. The molecular weight excluding hydrogens is 281 g/mol. The van der Waals surface area contributed by atoms with Crippen LogP contribution in [-0.2, 0) is 4.79 Å². The first-order chi connectivity index (χ1) is 10.7. The van der Waals surface area contributed by atoms with Crippen LogP contribution in [-0.4, -0.2) is 30.5 Å². The lowest BCUT2D eigenvalue weighted by atomic mass is 9.96. The molecule has 0 bridgehead atoms. The molecular formula is C18H26FNO2. The van der Waals surface area contributed by atoms with Gasteiger partial charge in [-0.15, -0.1) is 0 Å². The minimum absolute atomic E-state index is 0.132. The summed E-state index contributed by atoms with van der Waals surface area (Å²) in [6.07, 6.45) is 8.92. The van der Waals surface area contributed by atoms with Crippen LogP contribution in [0.15, 0.2) is 24.3 Å². The van der Waals surface area contributed by atoms with Crippen molar-refractivity contribution in [2.75, 3.05) is 13.7 Å². The van der Waals surface area contributed by atoms with Gasteiger partial charge in [0.25, 0.3) is 0 Å². The summed E-state index contributed by atoms with van der Waals surface area (Å²) < 4.78 is 18.3. The third-order valence-electron chi connectivity index (χ3n) is 4.41. The number of nitrogens with zero attached hydrogens (tertiary/aromatic N) is 1. The predicted molar refractivity (Wildman–Crippen MR) is 85.4 cm³/mol. The summed E-state index contributed by atoms with van der Waals surface area (Å²) in [6, 6.07) is 6.25. The van der Waals surface area contributed by atoms with Gasteiger partial charge in [0.05, 0.1) is 13.0 Å². The van der Waals surface area contributed by atoms with Gasteiger partial charge in [-0.05, 0) is 37.1 Å². The molecule has 0 aromatic heterocycles. The van der Waals surface area contributed by atoms with Crippen LogP contribution in [0.5, 0.6) is 5.75 Å². The Hall–Kier alpha value is -1.58. The van der Waals surface area contributed by atoms with E-state index in [-0.39, 0.29) is 11.7 Å². The largest absolute Gasteiger partial charge is 0.493 e. The van der Waals surface area contributed by atoms with Crippen LogP contribution < -0.4 is 4.74 Å². The third-order valence-corrected chi connectivity index (χ3v) is 4.41. The number of hydrogen-bond donors (Lipinski definition) is 0. The van der Waals surface area contributed by atoms with Gasteiger partial charge in [0, 0.05) is 13.1 Å². The minimum atomic E-state index is -0.285. The molecule has 1 saturated carbocycles. The van der Waals surface area contributed by atoms with E-state index >= 15 is 0 Å². The molecule has 0 spiro atoms. The van der Waals surface area contributed by atoms with Crippen LogP contribution >= 0.6 is 0 Å². The van der Waals surface area contributed by atoms with Crippen molar-refractivity contribution in [2.45, 2.75) is 57.4 Å². The molecule has 0 aliphatic heterocycles. The van der Waals surface area contributed by atoms with Crippen molar-refractivity contribution in [3.63, 3.8) is 0 Å². The van der Waals surface area contributed by atoms with E-state index < -0.39 is 0 Å². The molecule has 0 saturated heterocycles. The molecule has 0 atom stereocenters. The summed E-state index contributed by atoms with van der Waals surface area (Å²) in [6.45, 7) is 0.335. The fraction of sp³-hybridized carbons (Fsp3) is 0.611. The molecule has 0 N–H and O–H groups in total. The number of carbonyl (C=O) groups excluding carboxylic acids is 1. The first kappa shape index (κ1) is 16.8. The Balaban J connectivity index is 1.74. The molecule has 122 valence electrons. The average Bonchev–Trinajstić information content (AvgIpc) is 2.48. The first-order valence-corrected chi connectivity index (χ1v) is 8.31. The first-order valence-electron chi connectivity index (χ1n) is 8.31. The van der Waals surface area contributed by atoms with Crippen LogP contribution in [0, 0.1) is 5.82 Å². The molecule has 1 aromatic rings. The van der Waals surface area contributed by atoms with E-state index in [1.807, 2.05) is 11.9 Å². The predicted octanol–water partition coefficient (Wildman–Crippen LogP) is 4.17. The highest BCUT2D eigenvalue weighted by atomic mass is 19.1. The zero-order valence-electron chi connectivity index (χ0n) is 13.4. The van der Waals surface area contributed by atoms with E-state index in [0.717, 1.165) is 12.8 Å². The summed E-state index contributed by atoms with van der Waals surface area (Å²) in [5.41, 5.74) is 0. The third kappa shape index (κ3) is 5.32. The van der Waals surface area contributed by atoms with Crippen molar-refractivity contribution < 1.29 is 13.9 Å². The summed E-state index contributed by atoms with van der Waals surface area (Å²) in [5.74, 6) is 0.447. The molecule has 0 unspecified atom stereocenters. The topological polar surface area (TPSA) is 29.5 Å². The van der Waals surface area contributed by atoms with Gasteiger partial charge >= 0.3 is 0 Å². The van der Waals surface area contributed by atoms with Crippen LogP contribution in [0.25, 0.3) is 0 Å². The second-order valence-electron chi connectivity index (χ2n) is 6.06. The highest BCUT2D eigenvalue weighted by Gasteiger charge is 2.20. The lowest BCUT2D eigenvalue weighted by molar-refractivity contribution is -0.132. The van der Waals surface area contributed by atoms with Gasteiger partial charge in [0.15, 0.2) is 0 Å². The van der Waals surface area contributed by atoms with Crippen LogP contribution in [0.1, 0.15) is 51.4 Å². The van der Waals surface area contributed by atoms with E-state index in [9.17, 15) is 9.18 Å². The molecule has 1 fully saturated rings. The van der Waals surface area contributed by atoms with Crippen molar-refractivity contribution in [2.24, 2.45) is 0 Å². The highest BCUT2D eigenvalue weighted by molar-refractivity contribution is 5.76. The van der Waals surface area contributed by atoms with E-state index in [1.54, 1.807) is 12.1 Å². The molecule has 1 aliphatic rings. The zero-order chi connectivity index (χ0) is 15.8. The van der Waals surface area contributed by atoms with Crippen LogP contribution in [0.3, 0.4) is 0 Å². The van der Waals surface area contributed by atoms with Crippen molar-refractivity contribution >= 4 is 5.91 Å². The Labute approximate surface area is 132 Å². The highest BCUT2D eigenvalue weighted by Crippen LogP contribution is 2.21. The van der Waals surface area contributed by atoms with Crippen molar-refractivity contribution in [1.82, 2.24) is 4.90 Å². The van der Waals surface area contributed by atoms with E-state index in [4.69, 9.17) is 4.74 Å². The quantitative estimate of drug-likeness (QED) is 0.817. The Morgan fingerprint density at radius 1 is 1.14 bits per heavy atom. The normalized spacial score (nSPS) is 16.6. The molecule has 1 amide bonds. The lowest BCUT2D eigenvalue weighted by Crippen LogP contribution is -2.38. The molecule has 1 aromatic carbocycles. The maximum absolute atomic E-state index is 12.8. The van der Waals surface area contributed by atoms with Gasteiger partial charge in [-0.2, -0.15) is 0 Å². The summed E-state index contributed by atoms with van der Waals surface area (Å²) in [7, 11) is 1.91. The Morgan fingerprint density at radius 2 is 1.73 bits per heavy atom. The molecule has 3 nitrogen and oxygen atoms in total. The summed E-state index contributed by atoms with van der Waals surface area (Å²) in [5, 5.41) is 0. The van der Waals surface area contributed by atoms with E-state index in [2.05, 4.69) is 0 Å². The monoisotopic (exact) mass is 307 g/mol. The Morgan fingerprint density at radius 3 is 2.36 bits per heavy atom. The van der Waals surface area contributed by atoms with Crippen molar-refractivity contribution in [3.8, 4) is 5.75 Å². The fourth-order valence-corrected chi connectivity index (χ4v) is 2.99. The standard InChI is InChI=1S/C18H26FNO2/c1-20(16-7-5-3-2-4-6-8-16)18(21)13-14-22-17-11-9-15(19)10-12-17/h9-12,16H,2-8,13-14H2,1H3. The second kappa shape index (κ2) is 8.76. The minimum Gasteiger partial charge on any atom is -0.493 e. The number of ether oxygens (including phenoxy) is 1. The number of hydrogen-bond acceptors (Lipinski definition) is 2. The average molecular weight is 307 g/mol. The molecule has 2 rings (SSSR count). The summed E-state index contributed by atoms with van der Waals surface area (Å²) >= 11 is 0. The van der Waals surface area contributed by atoms with Crippen LogP contribution in [0.4, 0.5) is 4.39 Å². The van der Waals surface area contributed by atoms with Crippen LogP contribution in [0.2, 0.25) is 0 Å². The van der Waals surface area contributed by atoms with Crippen molar-refractivity contribution in [1.29, 1.82) is 0 Å². The Kier molecular flexibility index (Phi) is 6.69. The maximum atomic E-state index is 12.8. The van der Waals surface area contributed by atoms with Gasteiger partial charge in [0.1, 0.15) is 11.6 Å².